The van der Waals surface area contributed by atoms with E-state index in [-0.39, 0.29) is 5.56 Å². The topological polar surface area (TPSA) is 89.9 Å². The largest absolute Gasteiger partial charge is 0.474 e. The maximum absolute atomic E-state index is 13.4. The minimum Gasteiger partial charge on any atom is -0.474 e. The van der Waals surface area contributed by atoms with E-state index in [1.54, 1.807) is 6.92 Å². The van der Waals surface area contributed by atoms with Crippen LogP contribution in [-0.4, -0.2) is 36.9 Å². The number of carbonyl (C=O) groups excluding carboxylic acids is 1. The summed E-state index contributed by atoms with van der Waals surface area (Å²) in [5, 5.41) is 0. The van der Waals surface area contributed by atoms with Crippen molar-refractivity contribution in [2.75, 3.05) is 12.4 Å². The number of alkyl halides is 3. The Morgan fingerprint density at radius 2 is 1.93 bits per heavy atom. The van der Waals surface area contributed by atoms with Gasteiger partial charge >= 0.3 is 12.1 Å². The van der Waals surface area contributed by atoms with E-state index in [9.17, 15) is 26.4 Å². The van der Waals surface area contributed by atoms with Gasteiger partial charge in [-0.2, -0.15) is 21.6 Å². The van der Waals surface area contributed by atoms with Crippen LogP contribution in [0.25, 0.3) is 0 Å². The molecule has 1 aliphatic rings. The van der Waals surface area contributed by atoms with Crippen molar-refractivity contribution in [2.45, 2.75) is 44.4 Å². The fourth-order valence-corrected chi connectivity index (χ4v) is 3.22. The Kier molecular flexibility index (Phi) is 6.62. The molecule has 1 aromatic carbocycles. The number of carbonyl (C=O) groups is 1. The number of halogens is 3. The summed E-state index contributed by atoms with van der Waals surface area (Å²) in [5.74, 6) is 3.11. The first-order chi connectivity index (χ1) is 13.0. The summed E-state index contributed by atoms with van der Waals surface area (Å²) in [6.45, 7) is 0.928. The van der Waals surface area contributed by atoms with Gasteiger partial charge in [-0.1, -0.05) is 5.92 Å². The van der Waals surface area contributed by atoms with E-state index in [0.717, 1.165) is 25.0 Å². The first-order valence-electron chi connectivity index (χ1n) is 8.42. The number of benzene rings is 1. The van der Waals surface area contributed by atoms with E-state index in [2.05, 4.69) is 16.6 Å². The molecule has 0 aliphatic heterocycles. The molecule has 1 N–H and O–H groups in total. The number of hydrogen-bond acceptors (Lipinski definition) is 5. The highest BCUT2D eigenvalue weighted by Gasteiger charge is 2.40. The second-order valence-corrected chi connectivity index (χ2v) is 7.88. The molecule has 0 atom stereocenters. The molecular formula is C18H19F3O6S. The van der Waals surface area contributed by atoms with Crippen LogP contribution in [0, 0.1) is 11.8 Å². The molecule has 0 aromatic heterocycles. The lowest BCUT2D eigenvalue weighted by Gasteiger charge is -2.27. The van der Waals surface area contributed by atoms with Crippen LogP contribution in [0.5, 0.6) is 5.75 Å². The summed E-state index contributed by atoms with van der Waals surface area (Å²) in [6.07, 6.45) is -2.26. The summed E-state index contributed by atoms with van der Waals surface area (Å²) in [6, 6.07) is 2.53. The van der Waals surface area contributed by atoms with Gasteiger partial charge in [0, 0.05) is 0 Å². The lowest BCUT2D eigenvalue weighted by atomic mass is 10.0. The summed E-state index contributed by atoms with van der Waals surface area (Å²) < 4.78 is 80.4. The number of ether oxygens (including phenoxy) is 2. The standard InChI is InChI=1S/C18H19F3O6S/c1-2-7-17(8-3-4-9-17)27-15-12-13(5-6-14(15)18(19,20)21)16(22)26-10-11-28(23,24)25/h5-6,12H,3-4,8-11H2,1H3,(H,23,24,25). The molecule has 2 rings (SSSR count). The fraction of sp³-hybridized carbons (Fsp3) is 0.500. The van der Waals surface area contributed by atoms with E-state index in [4.69, 9.17) is 9.29 Å². The van der Waals surface area contributed by atoms with Gasteiger partial charge in [-0.25, -0.2) is 4.79 Å². The van der Waals surface area contributed by atoms with E-state index >= 15 is 0 Å². The van der Waals surface area contributed by atoms with Crippen LogP contribution in [-0.2, 0) is 21.0 Å². The predicted octanol–water partition coefficient (Wildman–Crippen LogP) is 3.46. The van der Waals surface area contributed by atoms with Crippen molar-refractivity contribution in [3.63, 3.8) is 0 Å². The summed E-state index contributed by atoms with van der Waals surface area (Å²) in [7, 11) is -4.33. The first kappa shape index (κ1) is 22.0. The van der Waals surface area contributed by atoms with Crippen LogP contribution in [0.3, 0.4) is 0 Å². The van der Waals surface area contributed by atoms with Gasteiger partial charge in [0.15, 0.2) is 5.60 Å². The highest BCUT2D eigenvalue weighted by molar-refractivity contribution is 7.85. The second kappa shape index (κ2) is 8.41. The van der Waals surface area contributed by atoms with Gasteiger partial charge in [0.25, 0.3) is 10.1 Å². The highest BCUT2D eigenvalue weighted by Crippen LogP contribution is 2.41. The van der Waals surface area contributed by atoms with Gasteiger partial charge in [-0.05, 0) is 50.8 Å². The third-order valence-electron chi connectivity index (χ3n) is 4.17. The van der Waals surface area contributed by atoms with Crippen LogP contribution < -0.4 is 4.74 Å². The third kappa shape index (κ3) is 5.87. The van der Waals surface area contributed by atoms with Crippen molar-refractivity contribution >= 4 is 16.1 Å². The molecule has 0 unspecified atom stereocenters. The molecule has 10 heteroatoms. The molecule has 1 aliphatic carbocycles. The molecule has 0 spiro atoms. The monoisotopic (exact) mass is 420 g/mol. The van der Waals surface area contributed by atoms with Gasteiger partial charge in [-0.15, -0.1) is 5.92 Å². The molecule has 1 saturated carbocycles. The fourth-order valence-electron chi connectivity index (χ4n) is 2.93. The quantitative estimate of drug-likeness (QED) is 0.431. The molecule has 28 heavy (non-hydrogen) atoms. The maximum Gasteiger partial charge on any atom is 0.419 e. The van der Waals surface area contributed by atoms with Crippen LogP contribution in [0.1, 0.15) is 48.5 Å². The summed E-state index contributed by atoms with van der Waals surface area (Å²) in [4.78, 5) is 12.0. The highest BCUT2D eigenvalue weighted by atomic mass is 32.2. The van der Waals surface area contributed by atoms with E-state index in [0.29, 0.717) is 18.9 Å². The molecular weight excluding hydrogens is 401 g/mol. The zero-order valence-electron chi connectivity index (χ0n) is 15.0. The van der Waals surface area contributed by atoms with Crippen molar-refractivity contribution in [1.29, 1.82) is 0 Å². The second-order valence-electron chi connectivity index (χ2n) is 6.31. The third-order valence-corrected chi connectivity index (χ3v) is 4.85. The minimum atomic E-state index is -4.71. The predicted molar refractivity (Wildman–Crippen MR) is 93.4 cm³/mol. The minimum absolute atomic E-state index is 0.240. The van der Waals surface area contributed by atoms with Gasteiger partial charge in [0.1, 0.15) is 18.1 Å². The Balaban J connectivity index is 2.32. The zero-order chi connectivity index (χ0) is 21.0. The average Bonchev–Trinajstić information content (AvgIpc) is 3.01. The van der Waals surface area contributed by atoms with E-state index in [1.807, 2.05) is 0 Å². The number of hydrogen-bond donors (Lipinski definition) is 1. The lowest BCUT2D eigenvalue weighted by Crippen LogP contribution is -2.31. The molecule has 154 valence electrons. The van der Waals surface area contributed by atoms with Gasteiger partial charge in [-0.3, -0.25) is 4.55 Å². The Morgan fingerprint density at radius 3 is 2.46 bits per heavy atom. The van der Waals surface area contributed by atoms with Crippen molar-refractivity contribution in [2.24, 2.45) is 0 Å². The zero-order valence-corrected chi connectivity index (χ0v) is 15.8. The molecule has 1 fully saturated rings. The van der Waals surface area contributed by atoms with E-state index in [1.165, 1.54) is 0 Å². The SMILES string of the molecule is CC#CC1(Oc2cc(C(=O)OCCS(=O)(=O)O)ccc2C(F)(F)F)CCCC1. The van der Waals surface area contributed by atoms with Crippen LogP contribution in [0.15, 0.2) is 18.2 Å². The number of esters is 1. The Hall–Kier alpha value is -2.25. The van der Waals surface area contributed by atoms with Crippen LogP contribution in [0.2, 0.25) is 0 Å². The average molecular weight is 420 g/mol. The molecule has 0 saturated heterocycles. The van der Waals surface area contributed by atoms with Crippen LogP contribution >= 0.6 is 0 Å². The van der Waals surface area contributed by atoms with Crippen LogP contribution in [0.4, 0.5) is 13.2 Å². The molecule has 0 heterocycles. The molecule has 0 radical (unpaired) electrons. The van der Waals surface area contributed by atoms with Crippen molar-refractivity contribution in [3.8, 4) is 17.6 Å². The molecule has 0 bridgehead atoms. The number of rotatable bonds is 6. The smallest absolute Gasteiger partial charge is 0.419 e. The van der Waals surface area contributed by atoms with Gasteiger partial charge in [0.2, 0.25) is 0 Å². The van der Waals surface area contributed by atoms with Crippen molar-refractivity contribution < 1.29 is 40.4 Å². The van der Waals surface area contributed by atoms with E-state index < -0.39 is 51.5 Å². The molecule has 1 aromatic rings. The Morgan fingerprint density at radius 1 is 1.29 bits per heavy atom. The van der Waals surface area contributed by atoms with Gasteiger partial charge in [0.05, 0.1) is 11.1 Å². The Labute approximate surface area is 160 Å². The molecule has 0 amide bonds. The van der Waals surface area contributed by atoms with Crippen molar-refractivity contribution in [3.05, 3.63) is 29.3 Å². The van der Waals surface area contributed by atoms with Gasteiger partial charge < -0.3 is 9.47 Å². The normalized spacial score (nSPS) is 16.2. The summed E-state index contributed by atoms with van der Waals surface area (Å²) >= 11 is 0. The lowest BCUT2D eigenvalue weighted by molar-refractivity contribution is -0.139. The summed E-state index contributed by atoms with van der Waals surface area (Å²) in [5.41, 5.74) is -2.34. The Bertz CT molecular complexity index is 890. The molecule has 6 nitrogen and oxygen atoms in total. The maximum atomic E-state index is 13.4. The first-order valence-corrected chi connectivity index (χ1v) is 10.0. The van der Waals surface area contributed by atoms with Crippen molar-refractivity contribution in [1.82, 2.24) is 0 Å².